The molecule has 0 fully saturated rings. The van der Waals surface area contributed by atoms with Crippen LogP contribution in [0, 0.1) is 0 Å². The fraction of sp³-hybridized carbons (Fsp3) is 0.765. The quantitative estimate of drug-likeness (QED) is 0.197. The summed E-state index contributed by atoms with van der Waals surface area (Å²) in [5.74, 6) is -2.71. The number of carbonyl (C=O) groups excluding carboxylic acids is 3. The van der Waals surface area contributed by atoms with Crippen LogP contribution in [0.2, 0.25) is 0 Å². The largest absolute Gasteiger partial charge is 0.481 e. The van der Waals surface area contributed by atoms with E-state index in [-0.39, 0.29) is 32.1 Å². The summed E-state index contributed by atoms with van der Waals surface area (Å²) in [6, 6.07) is -1.77. The average molecular weight is 390 g/mol. The van der Waals surface area contributed by atoms with Gasteiger partial charge in [-0.3, -0.25) is 19.2 Å². The van der Waals surface area contributed by atoms with Gasteiger partial charge in [0, 0.05) is 6.54 Å². The predicted octanol–water partition coefficient (Wildman–Crippen LogP) is -0.0236. The van der Waals surface area contributed by atoms with E-state index in [1.54, 1.807) is 13.8 Å². The lowest BCUT2D eigenvalue weighted by atomic mass is 10.1. The van der Waals surface area contributed by atoms with Crippen molar-refractivity contribution in [2.24, 2.45) is 5.73 Å². The number of hydrogen-bond acceptors (Lipinski definition) is 9. The third-order valence-corrected chi connectivity index (χ3v) is 3.43. The van der Waals surface area contributed by atoms with Crippen molar-refractivity contribution in [1.82, 2.24) is 5.32 Å². The molecule has 0 radical (unpaired) electrons. The van der Waals surface area contributed by atoms with E-state index in [2.05, 4.69) is 5.32 Å². The zero-order valence-electron chi connectivity index (χ0n) is 15.9. The van der Waals surface area contributed by atoms with Gasteiger partial charge in [0.1, 0.15) is 12.1 Å². The van der Waals surface area contributed by atoms with Gasteiger partial charge in [-0.05, 0) is 33.1 Å². The monoisotopic (exact) mass is 390 g/mol. The zero-order valence-corrected chi connectivity index (χ0v) is 15.9. The number of carboxylic acids is 1. The van der Waals surface area contributed by atoms with Gasteiger partial charge in [0.2, 0.25) is 0 Å². The fourth-order valence-corrected chi connectivity index (χ4v) is 2.13. The molecule has 0 aliphatic heterocycles. The molecule has 156 valence electrons. The highest BCUT2D eigenvalue weighted by Gasteiger charge is 2.20. The third kappa shape index (κ3) is 12.7. The van der Waals surface area contributed by atoms with Crippen molar-refractivity contribution in [3.05, 3.63) is 0 Å². The normalized spacial score (nSPS) is 12.7. The number of esters is 3. The Bertz CT molecular complexity index is 484. The Morgan fingerprint density at radius 1 is 1.00 bits per heavy atom. The van der Waals surface area contributed by atoms with Gasteiger partial charge in [0.25, 0.3) is 0 Å². The molecule has 0 aliphatic rings. The molecule has 10 nitrogen and oxygen atoms in total. The lowest BCUT2D eigenvalue weighted by Gasteiger charge is -2.17. The molecule has 0 saturated carbocycles. The standard InChI is InChI=1S/C17H30N2O8/c1-3-25-15(22)8-9-19-13(17(24)26-4-2)7-5-6-10-27-16(23)12(18)11-14(20)21/h12-13,19H,3-11,18H2,1-2H3,(H,20,21)/t12-,13?/m0/s1. The van der Waals surface area contributed by atoms with Crippen LogP contribution in [0.3, 0.4) is 0 Å². The van der Waals surface area contributed by atoms with Crippen LogP contribution in [0.15, 0.2) is 0 Å². The van der Waals surface area contributed by atoms with Crippen LogP contribution in [0.25, 0.3) is 0 Å². The minimum Gasteiger partial charge on any atom is -0.481 e. The highest BCUT2D eigenvalue weighted by Crippen LogP contribution is 2.05. The molecule has 0 aliphatic carbocycles. The van der Waals surface area contributed by atoms with E-state index in [1.807, 2.05) is 0 Å². The molecular weight excluding hydrogens is 360 g/mol. The second kappa shape index (κ2) is 14.9. The van der Waals surface area contributed by atoms with Crippen LogP contribution in [-0.2, 0) is 33.4 Å². The maximum Gasteiger partial charge on any atom is 0.323 e. The number of unbranched alkanes of at least 4 members (excludes halogenated alkanes) is 1. The summed E-state index contributed by atoms with van der Waals surface area (Å²) >= 11 is 0. The first-order valence-corrected chi connectivity index (χ1v) is 9.01. The molecule has 0 amide bonds. The number of hydrogen-bond donors (Lipinski definition) is 3. The number of carboxylic acid groups (broad SMARTS) is 1. The average Bonchev–Trinajstić information content (AvgIpc) is 2.59. The van der Waals surface area contributed by atoms with Crippen molar-refractivity contribution in [2.75, 3.05) is 26.4 Å². The predicted molar refractivity (Wildman–Crippen MR) is 94.7 cm³/mol. The van der Waals surface area contributed by atoms with Crippen LogP contribution < -0.4 is 11.1 Å². The summed E-state index contributed by atoms with van der Waals surface area (Å²) < 4.78 is 14.7. The van der Waals surface area contributed by atoms with Gasteiger partial charge in [0.05, 0.1) is 32.7 Å². The first-order chi connectivity index (χ1) is 12.8. The Morgan fingerprint density at radius 2 is 1.67 bits per heavy atom. The molecule has 10 heteroatoms. The van der Waals surface area contributed by atoms with E-state index in [0.717, 1.165) is 0 Å². The first kappa shape index (κ1) is 24.8. The van der Waals surface area contributed by atoms with Gasteiger partial charge in [-0.1, -0.05) is 0 Å². The highest BCUT2D eigenvalue weighted by atomic mass is 16.5. The molecule has 0 aromatic heterocycles. The molecule has 2 atom stereocenters. The third-order valence-electron chi connectivity index (χ3n) is 3.43. The van der Waals surface area contributed by atoms with Crippen molar-refractivity contribution >= 4 is 23.9 Å². The van der Waals surface area contributed by atoms with Gasteiger partial charge in [-0.15, -0.1) is 0 Å². The number of nitrogens with one attached hydrogen (secondary N) is 1. The summed E-state index contributed by atoms with van der Waals surface area (Å²) in [6.45, 7) is 4.32. The Labute approximate surface area is 158 Å². The Balaban J connectivity index is 4.17. The molecule has 4 N–H and O–H groups in total. The van der Waals surface area contributed by atoms with Gasteiger partial charge >= 0.3 is 23.9 Å². The number of nitrogens with two attached hydrogens (primary N) is 1. The minimum atomic E-state index is -1.20. The number of rotatable bonds is 15. The lowest BCUT2D eigenvalue weighted by molar-refractivity contribution is -0.149. The van der Waals surface area contributed by atoms with E-state index in [4.69, 9.17) is 25.1 Å². The summed E-state index contributed by atoms with van der Waals surface area (Å²) in [6.07, 6.45) is 1.11. The fourth-order valence-electron chi connectivity index (χ4n) is 2.13. The maximum absolute atomic E-state index is 12.0. The lowest BCUT2D eigenvalue weighted by Crippen LogP contribution is -2.39. The second-order valence-corrected chi connectivity index (χ2v) is 5.68. The van der Waals surface area contributed by atoms with E-state index in [1.165, 1.54) is 0 Å². The van der Waals surface area contributed by atoms with Crippen molar-refractivity contribution in [1.29, 1.82) is 0 Å². The van der Waals surface area contributed by atoms with E-state index < -0.39 is 36.4 Å². The zero-order chi connectivity index (χ0) is 20.7. The van der Waals surface area contributed by atoms with E-state index in [9.17, 15) is 19.2 Å². The minimum absolute atomic E-state index is 0.0739. The van der Waals surface area contributed by atoms with Gasteiger partial charge < -0.3 is 30.4 Å². The molecule has 0 rings (SSSR count). The SMILES string of the molecule is CCOC(=O)CCNC(CCCCOC(=O)[C@@H](N)CC(=O)O)C(=O)OCC. The maximum atomic E-state index is 12.0. The second-order valence-electron chi connectivity index (χ2n) is 5.68. The van der Waals surface area contributed by atoms with Gasteiger partial charge in [-0.25, -0.2) is 0 Å². The Morgan fingerprint density at radius 3 is 2.26 bits per heavy atom. The first-order valence-electron chi connectivity index (χ1n) is 9.01. The van der Waals surface area contributed by atoms with Crippen LogP contribution in [0.4, 0.5) is 0 Å². The molecule has 1 unspecified atom stereocenters. The molecule has 27 heavy (non-hydrogen) atoms. The van der Waals surface area contributed by atoms with Crippen LogP contribution in [0.5, 0.6) is 0 Å². The molecular formula is C17H30N2O8. The van der Waals surface area contributed by atoms with Gasteiger partial charge in [-0.2, -0.15) is 0 Å². The summed E-state index contributed by atoms with van der Waals surface area (Å²) in [4.78, 5) is 45.2. The number of aliphatic carboxylic acids is 1. The molecule has 0 bridgehead atoms. The van der Waals surface area contributed by atoms with Crippen molar-refractivity contribution in [2.45, 2.75) is 58.0 Å². The van der Waals surface area contributed by atoms with E-state index in [0.29, 0.717) is 25.9 Å². The molecule has 0 aromatic rings. The molecule has 0 heterocycles. The van der Waals surface area contributed by atoms with Gasteiger partial charge in [0.15, 0.2) is 0 Å². The molecule has 0 saturated heterocycles. The van der Waals surface area contributed by atoms with Crippen LogP contribution in [0.1, 0.15) is 46.0 Å². The molecule has 0 aromatic carbocycles. The molecule has 0 spiro atoms. The van der Waals surface area contributed by atoms with Crippen molar-refractivity contribution in [3.63, 3.8) is 0 Å². The van der Waals surface area contributed by atoms with Crippen molar-refractivity contribution < 1.29 is 38.5 Å². The highest BCUT2D eigenvalue weighted by molar-refractivity contribution is 5.81. The number of ether oxygens (including phenoxy) is 3. The topological polar surface area (TPSA) is 154 Å². The summed E-state index contributed by atoms with van der Waals surface area (Å²) in [5.41, 5.74) is 5.39. The Hall–Kier alpha value is -2.20. The number of carbonyl (C=O) groups is 4. The Kier molecular flexibility index (Phi) is 13.7. The summed E-state index contributed by atoms with van der Waals surface area (Å²) in [7, 11) is 0. The van der Waals surface area contributed by atoms with Crippen LogP contribution >= 0.6 is 0 Å². The summed E-state index contributed by atoms with van der Waals surface area (Å²) in [5, 5.41) is 11.5. The van der Waals surface area contributed by atoms with Crippen LogP contribution in [-0.4, -0.2) is 67.4 Å². The smallest absolute Gasteiger partial charge is 0.323 e. The van der Waals surface area contributed by atoms with E-state index >= 15 is 0 Å². The van der Waals surface area contributed by atoms with Crippen molar-refractivity contribution in [3.8, 4) is 0 Å².